The molecule has 0 radical (unpaired) electrons. The molecule has 10 heteroatoms. The molecule has 1 aromatic rings. The first-order valence-corrected chi connectivity index (χ1v) is 10.6. The van der Waals surface area contributed by atoms with Gasteiger partial charge in [-0.2, -0.15) is 17.0 Å². The molecule has 2 fully saturated rings. The molecular weight excluding hydrogens is 387 g/mol. The number of hydrogen-bond donors (Lipinski definition) is 0. The lowest BCUT2D eigenvalue weighted by Gasteiger charge is -2.42. The monoisotopic (exact) mass is 412 g/mol. The summed E-state index contributed by atoms with van der Waals surface area (Å²) in [6.45, 7) is 1.72. The number of rotatable bonds is 5. The third kappa shape index (κ3) is 4.18. The van der Waals surface area contributed by atoms with Crippen LogP contribution in [0.3, 0.4) is 0 Å². The van der Waals surface area contributed by atoms with Gasteiger partial charge in [-0.05, 0) is 30.5 Å². The van der Waals surface area contributed by atoms with Gasteiger partial charge in [0.2, 0.25) is 0 Å². The number of carbonyl (C=O) groups is 2. The molecule has 8 nitrogen and oxygen atoms in total. The van der Waals surface area contributed by atoms with Crippen molar-refractivity contribution in [3.05, 3.63) is 35.6 Å². The van der Waals surface area contributed by atoms with E-state index in [4.69, 9.17) is 0 Å². The van der Waals surface area contributed by atoms with E-state index >= 15 is 0 Å². The van der Waals surface area contributed by atoms with E-state index in [0.717, 1.165) is 5.56 Å². The molecule has 0 saturated carbocycles. The van der Waals surface area contributed by atoms with E-state index in [2.05, 4.69) is 0 Å². The van der Waals surface area contributed by atoms with Crippen molar-refractivity contribution in [1.82, 2.24) is 18.4 Å². The van der Waals surface area contributed by atoms with Crippen LogP contribution in [0.25, 0.3) is 0 Å². The van der Waals surface area contributed by atoms with Crippen molar-refractivity contribution in [2.75, 3.05) is 40.3 Å². The highest BCUT2D eigenvalue weighted by atomic mass is 32.2. The fourth-order valence-electron chi connectivity index (χ4n) is 3.61. The SMILES string of the molecule is CN(C)S(=O)(=O)N1CCC(N2CCN(Cc3ccc(F)cc3)C(=O)C2=O)CC1. The fraction of sp³-hybridized carbons (Fsp3) is 0.556. The van der Waals surface area contributed by atoms with Crippen LogP contribution in [0.2, 0.25) is 0 Å². The van der Waals surface area contributed by atoms with E-state index in [9.17, 15) is 22.4 Å². The molecule has 1 aromatic carbocycles. The predicted molar refractivity (Wildman–Crippen MR) is 101 cm³/mol. The Labute approximate surface area is 164 Å². The third-order valence-corrected chi connectivity index (χ3v) is 7.22. The molecule has 0 unspecified atom stereocenters. The Morgan fingerprint density at radius 1 is 1.00 bits per heavy atom. The highest BCUT2D eigenvalue weighted by molar-refractivity contribution is 7.86. The molecule has 2 saturated heterocycles. The number of halogens is 1. The van der Waals surface area contributed by atoms with Crippen molar-refractivity contribution >= 4 is 22.0 Å². The van der Waals surface area contributed by atoms with Crippen LogP contribution in [-0.2, 0) is 26.3 Å². The van der Waals surface area contributed by atoms with E-state index in [1.54, 1.807) is 17.0 Å². The van der Waals surface area contributed by atoms with Crippen molar-refractivity contribution in [1.29, 1.82) is 0 Å². The van der Waals surface area contributed by atoms with Crippen molar-refractivity contribution in [3.8, 4) is 0 Å². The van der Waals surface area contributed by atoms with Gasteiger partial charge in [0.1, 0.15) is 5.82 Å². The van der Waals surface area contributed by atoms with Gasteiger partial charge in [0.15, 0.2) is 0 Å². The second-order valence-corrected chi connectivity index (χ2v) is 9.41. The summed E-state index contributed by atoms with van der Waals surface area (Å²) in [5, 5.41) is 0. The highest BCUT2D eigenvalue weighted by Gasteiger charge is 2.39. The highest BCUT2D eigenvalue weighted by Crippen LogP contribution is 2.22. The maximum atomic E-state index is 13.0. The Hall–Kier alpha value is -2.04. The Morgan fingerprint density at radius 2 is 1.61 bits per heavy atom. The normalized spacial score (nSPS) is 20.3. The summed E-state index contributed by atoms with van der Waals surface area (Å²) < 4.78 is 40.0. The summed E-state index contributed by atoms with van der Waals surface area (Å²) in [6, 6.07) is 5.71. The van der Waals surface area contributed by atoms with Crippen molar-refractivity contribution in [2.45, 2.75) is 25.4 Å². The average molecular weight is 412 g/mol. The maximum absolute atomic E-state index is 13.0. The van der Waals surface area contributed by atoms with Crippen molar-refractivity contribution < 1.29 is 22.4 Å². The first-order chi connectivity index (χ1) is 13.2. The van der Waals surface area contributed by atoms with Crippen LogP contribution in [-0.4, -0.2) is 85.0 Å². The fourth-order valence-corrected chi connectivity index (χ4v) is 4.75. The minimum atomic E-state index is -3.46. The predicted octanol–water partition coefficient (Wildman–Crippen LogP) is 0.267. The van der Waals surface area contributed by atoms with Crippen LogP contribution in [0.15, 0.2) is 24.3 Å². The second-order valence-electron chi connectivity index (χ2n) is 7.27. The molecule has 2 aliphatic heterocycles. The van der Waals surface area contributed by atoms with E-state index in [-0.39, 0.29) is 18.4 Å². The van der Waals surface area contributed by atoms with Crippen LogP contribution >= 0.6 is 0 Å². The van der Waals surface area contributed by atoms with Gasteiger partial charge in [-0.1, -0.05) is 12.1 Å². The number of amides is 2. The maximum Gasteiger partial charge on any atom is 0.312 e. The summed E-state index contributed by atoms with van der Waals surface area (Å²) >= 11 is 0. The minimum absolute atomic E-state index is 0.141. The van der Waals surface area contributed by atoms with Crippen LogP contribution in [0.5, 0.6) is 0 Å². The topological polar surface area (TPSA) is 81.2 Å². The van der Waals surface area contributed by atoms with Crippen LogP contribution in [0.4, 0.5) is 4.39 Å². The Balaban J connectivity index is 1.59. The first kappa shape index (κ1) is 20.7. The van der Waals surface area contributed by atoms with Gasteiger partial charge in [0.25, 0.3) is 10.2 Å². The molecule has 0 bridgehead atoms. The van der Waals surface area contributed by atoms with E-state index in [1.165, 1.54) is 39.7 Å². The number of benzene rings is 1. The number of hydrogen-bond acceptors (Lipinski definition) is 4. The molecule has 0 N–H and O–H groups in total. The molecule has 2 aliphatic rings. The Kier molecular flexibility index (Phi) is 6.01. The van der Waals surface area contributed by atoms with Gasteiger partial charge in [-0.15, -0.1) is 0 Å². The van der Waals surface area contributed by atoms with Crippen LogP contribution < -0.4 is 0 Å². The zero-order valence-electron chi connectivity index (χ0n) is 16.0. The molecule has 0 atom stereocenters. The van der Waals surface area contributed by atoms with Gasteiger partial charge in [0, 0.05) is 52.9 Å². The molecule has 3 rings (SSSR count). The largest absolute Gasteiger partial charge is 0.330 e. The Morgan fingerprint density at radius 3 is 2.18 bits per heavy atom. The number of carbonyl (C=O) groups excluding carboxylic acids is 2. The van der Waals surface area contributed by atoms with Crippen molar-refractivity contribution in [2.24, 2.45) is 0 Å². The van der Waals surface area contributed by atoms with Gasteiger partial charge in [0.05, 0.1) is 0 Å². The standard InChI is InChI=1S/C18H25FN4O4S/c1-20(2)28(26,27)22-9-7-16(8-10-22)23-12-11-21(17(24)18(23)25)13-14-3-5-15(19)6-4-14/h3-6,16H,7-13H2,1-2H3. The van der Waals surface area contributed by atoms with E-state index < -0.39 is 22.0 Å². The molecule has 28 heavy (non-hydrogen) atoms. The zero-order valence-corrected chi connectivity index (χ0v) is 16.9. The third-order valence-electron chi connectivity index (χ3n) is 5.28. The molecular formula is C18H25FN4O4S. The molecule has 0 aromatic heterocycles. The molecule has 154 valence electrons. The quantitative estimate of drug-likeness (QED) is 0.650. The number of nitrogens with zero attached hydrogens (tertiary/aromatic N) is 4. The lowest BCUT2D eigenvalue weighted by molar-refractivity contribution is -0.158. The van der Waals surface area contributed by atoms with Crippen molar-refractivity contribution in [3.63, 3.8) is 0 Å². The summed E-state index contributed by atoms with van der Waals surface area (Å²) in [7, 11) is -0.483. The summed E-state index contributed by atoms with van der Waals surface area (Å²) in [6.07, 6.45) is 1.01. The minimum Gasteiger partial charge on any atom is -0.330 e. The van der Waals surface area contributed by atoms with E-state index in [0.29, 0.717) is 39.0 Å². The van der Waals surface area contributed by atoms with Gasteiger partial charge in [-0.25, -0.2) is 4.39 Å². The number of piperidine rings is 1. The lowest BCUT2D eigenvalue weighted by Crippen LogP contribution is -2.59. The average Bonchev–Trinajstić information content (AvgIpc) is 2.67. The summed E-state index contributed by atoms with van der Waals surface area (Å²) in [4.78, 5) is 28.2. The first-order valence-electron chi connectivity index (χ1n) is 9.22. The smallest absolute Gasteiger partial charge is 0.312 e. The van der Waals surface area contributed by atoms with Crippen LogP contribution in [0.1, 0.15) is 18.4 Å². The lowest BCUT2D eigenvalue weighted by atomic mass is 10.0. The van der Waals surface area contributed by atoms with Crippen LogP contribution in [0, 0.1) is 5.82 Å². The number of piperazine rings is 1. The zero-order chi connectivity index (χ0) is 20.5. The van der Waals surface area contributed by atoms with Gasteiger partial charge in [-0.3, -0.25) is 9.59 Å². The molecule has 0 spiro atoms. The summed E-state index contributed by atoms with van der Waals surface area (Å²) in [5.74, 6) is -1.47. The van der Waals surface area contributed by atoms with Gasteiger partial charge < -0.3 is 9.80 Å². The van der Waals surface area contributed by atoms with E-state index in [1.807, 2.05) is 0 Å². The molecule has 2 amide bonds. The summed E-state index contributed by atoms with van der Waals surface area (Å²) in [5.41, 5.74) is 0.762. The Bertz CT molecular complexity index is 836. The molecule has 0 aliphatic carbocycles. The van der Waals surface area contributed by atoms with Gasteiger partial charge >= 0.3 is 11.8 Å². The molecule has 2 heterocycles. The second kappa shape index (κ2) is 8.14.